The van der Waals surface area contributed by atoms with Crippen molar-refractivity contribution in [1.29, 1.82) is 0 Å². The molecule has 0 bridgehead atoms. The van der Waals surface area contributed by atoms with Crippen LogP contribution in [-0.2, 0) is 27.2 Å². The van der Waals surface area contributed by atoms with Gasteiger partial charge in [0, 0.05) is 37.8 Å². The van der Waals surface area contributed by atoms with Gasteiger partial charge in [-0.2, -0.15) is 0 Å². The minimum atomic E-state index is -0.661. The van der Waals surface area contributed by atoms with Crippen LogP contribution in [0.2, 0.25) is 0 Å². The highest BCUT2D eigenvalue weighted by molar-refractivity contribution is 6.05. The van der Waals surface area contributed by atoms with Gasteiger partial charge in [-0.1, -0.05) is 37.1 Å². The third kappa shape index (κ3) is 8.00. The molecule has 0 saturated heterocycles. The van der Waals surface area contributed by atoms with E-state index in [9.17, 15) is 19.2 Å². The maximum atomic E-state index is 13.3. The second-order valence-corrected chi connectivity index (χ2v) is 8.59. The molecule has 180 valence electrons. The zero-order valence-electron chi connectivity index (χ0n) is 21.0. The minimum absolute atomic E-state index is 0.0133. The summed E-state index contributed by atoms with van der Waals surface area (Å²) in [5.74, 6) is -2.78. The Bertz CT molecular complexity index is 941. The van der Waals surface area contributed by atoms with E-state index in [1.807, 2.05) is 39.8 Å². The molecule has 1 rings (SSSR count). The molecule has 0 aliphatic heterocycles. The number of esters is 3. The fourth-order valence-electron chi connectivity index (χ4n) is 3.07. The highest BCUT2D eigenvalue weighted by Gasteiger charge is 2.33. The summed E-state index contributed by atoms with van der Waals surface area (Å²) < 4.78 is 16.6. The number of rotatable bonds is 9. The molecule has 0 fully saturated rings. The molecule has 0 N–H and O–H groups in total. The molecular formula is C26H34O7. The van der Waals surface area contributed by atoms with Gasteiger partial charge in [-0.15, -0.1) is 0 Å². The number of ketones is 1. The summed E-state index contributed by atoms with van der Waals surface area (Å²) in [7, 11) is 0. The summed E-state index contributed by atoms with van der Waals surface area (Å²) in [5.41, 5.74) is 2.66. The van der Waals surface area contributed by atoms with Crippen molar-refractivity contribution in [3.8, 4) is 17.2 Å². The van der Waals surface area contributed by atoms with E-state index in [0.717, 1.165) is 11.1 Å². The summed E-state index contributed by atoms with van der Waals surface area (Å²) in [4.78, 5) is 49.5. The van der Waals surface area contributed by atoms with E-state index in [2.05, 4.69) is 0 Å². The second-order valence-electron chi connectivity index (χ2n) is 8.59. The van der Waals surface area contributed by atoms with Crippen LogP contribution < -0.4 is 14.2 Å². The van der Waals surface area contributed by atoms with Gasteiger partial charge in [0.05, 0.1) is 0 Å². The van der Waals surface area contributed by atoms with E-state index in [1.165, 1.54) is 20.8 Å². The fourth-order valence-corrected chi connectivity index (χ4v) is 3.07. The van der Waals surface area contributed by atoms with Crippen LogP contribution in [0.1, 0.15) is 83.8 Å². The Labute approximate surface area is 195 Å². The van der Waals surface area contributed by atoms with Crippen molar-refractivity contribution < 1.29 is 33.4 Å². The van der Waals surface area contributed by atoms with Crippen molar-refractivity contribution in [2.75, 3.05) is 0 Å². The molecule has 0 radical (unpaired) electrons. The number of carbonyl (C=O) groups is 4. The van der Waals surface area contributed by atoms with Crippen molar-refractivity contribution in [1.82, 2.24) is 0 Å². The lowest BCUT2D eigenvalue weighted by Crippen LogP contribution is -2.20. The summed E-state index contributed by atoms with van der Waals surface area (Å²) in [6.07, 6.45) is 4.20. The quantitative estimate of drug-likeness (QED) is 0.214. The van der Waals surface area contributed by atoms with Crippen LogP contribution in [-0.4, -0.2) is 23.7 Å². The fraction of sp³-hybridized carbons (Fsp3) is 0.462. The maximum absolute atomic E-state index is 13.3. The summed E-state index contributed by atoms with van der Waals surface area (Å²) in [5, 5.41) is 0. The first-order chi connectivity index (χ1) is 15.3. The largest absolute Gasteiger partial charge is 0.426 e. The second kappa shape index (κ2) is 12.1. The van der Waals surface area contributed by atoms with Crippen molar-refractivity contribution in [3.63, 3.8) is 0 Å². The van der Waals surface area contributed by atoms with Gasteiger partial charge in [0.25, 0.3) is 0 Å². The third-order valence-electron chi connectivity index (χ3n) is 4.49. The molecule has 33 heavy (non-hydrogen) atoms. The molecule has 0 saturated carbocycles. The topological polar surface area (TPSA) is 96.0 Å². The van der Waals surface area contributed by atoms with Crippen molar-refractivity contribution in [3.05, 3.63) is 40.0 Å². The van der Waals surface area contributed by atoms with Gasteiger partial charge < -0.3 is 14.2 Å². The summed E-state index contributed by atoms with van der Waals surface area (Å²) in [6.45, 7) is 14.7. The van der Waals surface area contributed by atoms with Crippen LogP contribution >= 0.6 is 0 Å². The Morgan fingerprint density at radius 1 is 0.636 bits per heavy atom. The van der Waals surface area contributed by atoms with Gasteiger partial charge in [0.15, 0.2) is 17.3 Å². The Morgan fingerprint density at radius 2 is 0.970 bits per heavy atom. The van der Waals surface area contributed by atoms with E-state index < -0.39 is 23.8 Å². The van der Waals surface area contributed by atoms with Crippen LogP contribution in [0.4, 0.5) is 0 Å². The average Bonchev–Trinajstić information content (AvgIpc) is 2.65. The predicted molar refractivity (Wildman–Crippen MR) is 126 cm³/mol. The molecule has 0 atom stereocenters. The van der Waals surface area contributed by atoms with Crippen LogP contribution in [0, 0.1) is 5.92 Å². The molecule has 7 nitrogen and oxygen atoms in total. The molecule has 7 heteroatoms. The first kappa shape index (κ1) is 27.8. The number of benzene rings is 1. The molecule has 0 unspecified atom stereocenters. The lowest BCUT2D eigenvalue weighted by atomic mass is 9.90. The molecule has 0 aromatic heterocycles. The van der Waals surface area contributed by atoms with Gasteiger partial charge in [0.2, 0.25) is 0 Å². The smallest absolute Gasteiger partial charge is 0.308 e. The standard InChI is InChI=1S/C26H34O7/c1-14(2)10-12-20-24(31-17(7)27)21(13-11-15(3)4)26(33-19(9)29)22(23(30)16(5)6)25(20)32-18(8)28/h10-11,16H,12-13H2,1-9H3. The SMILES string of the molecule is CC(=O)Oc1c(CC=C(C)C)c(OC(C)=O)c(C(=O)C(C)C)c(OC(C)=O)c1CC=C(C)C. The van der Waals surface area contributed by atoms with Gasteiger partial charge in [-0.25, -0.2) is 0 Å². The van der Waals surface area contributed by atoms with Crippen molar-refractivity contribution in [2.24, 2.45) is 5.92 Å². The van der Waals surface area contributed by atoms with E-state index in [1.54, 1.807) is 13.8 Å². The Balaban J connectivity index is 4.33. The van der Waals surface area contributed by atoms with E-state index >= 15 is 0 Å². The number of ether oxygens (including phenoxy) is 3. The molecule has 0 aliphatic rings. The molecule has 0 amide bonds. The summed E-state index contributed by atoms with van der Waals surface area (Å²) >= 11 is 0. The lowest BCUT2D eigenvalue weighted by molar-refractivity contribution is -0.132. The highest BCUT2D eigenvalue weighted by Crippen LogP contribution is 2.46. The monoisotopic (exact) mass is 458 g/mol. The first-order valence-electron chi connectivity index (χ1n) is 10.8. The molecule has 0 spiro atoms. The predicted octanol–water partition coefficient (Wildman–Crippen LogP) is 5.32. The van der Waals surface area contributed by atoms with Crippen molar-refractivity contribution in [2.45, 2.75) is 75.2 Å². The highest BCUT2D eigenvalue weighted by atomic mass is 16.6. The van der Waals surface area contributed by atoms with Gasteiger partial charge in [-0.3, -0.25) is 19.2 Å². The van der Waals surface area contributed by atoms with Crippen LogP contribution in [0.15, 0.2) is 23.3 Å². The maximum Gasteiger partial charge on any atom is 0.308 e. The molecule has 0 aliphatic carbocycles. The Hall–Kier alpha value is -3.22. The summed E-state index contributed by atoms with van der Waals surface area (Å²) in [6, 6.07) is 0. The van der Waals surface area contributed by atoms with Crippen molar-refractivity contribution >= 4 is 23.7 Å². The van der Waals surface area contributed by atoms with Gasteiger partial charge >= 0.3 is 17.9 Å². The Morgan fingerprint density at radius 3 is 1.24 bits per heavy atom. The van der Waals surface area contributed by atoms with Gasteiger partial charge in [0.1, 0.15) is 11.3 Å². The third-order valence-corrected chi connectivity index (χ3v) is 4.49. The number of hydrogen-bond acceptors (Lipinski definition) is 7. The molecule has 1 aromatic rings. The zero-order valence-corrected chi connectivity index (χ0v) is 21.0. The van der Waals surface area contributed by atoms with E-state index in [-0.39, 0.29) is 41.4 Å². The average molecular weight is 459 g/mol. The van der Waals surface area contributed by atoms with Gasteiger partial charge in [-0.05, 0) is 40.5 Å². The minimum Gasteiger partial charge on any atom is -0.426 e. The van der Waals surface area contributed by atoms with Crippen LogP contribution in [0.25, 0.3) is 0 Å². The number of hydrogen-bond donors (Lipinski definition) is 0. The zero-order chi connectivity index (χ0) is 25.5. The van der Waals surface area contributed by atoms with Crippen LogP contribution in [0.5, 0.6) is 17.2 Å². The number of carbonyl (C=O) groups excluding carboxylic acids is 4. The number of Topliss-reactive ketones (excluding diaryl/α,β-unsaturated/α-hetero) is 1. The van der Waals surface area contributed by atoms with Crippen LogP contribution in [0.3, 0.4) is 0 Å². The first-order valence-corrected chi connectivity index (χ1v) is 10.8. The normalized spacial score (nSPS) is 10.4. The molecule has 1 aromatic carbocycles. The lowest BCUT2D eigenvalue weighted by Gasteiger charge is -2.24. The molecule has 0 heterocycles. The van der Waals surface area contributed by atoms with E-state index in [0.29, 0.717) is 11.1 Å². The number of allylic oxidation sites excluding steroid dienone is 4. The van der Waals surface area contributed by atoms with E-state index in [4.69, 9.17) is 14.2 Å². The Kier molecular flexibility index (Phi) is 10.2. The molecular weight excluding hydrogens is 424 g/mol.